The molecule has 3 nitrogen and oxygen atoms in total. The van der Waals surface area contributed by atoms with E-state index in [-0.39, 0.29) is 25.1 Å². The van der Waals surface area contributed by atoms with Gasteiger partial charge in [0, 0.05) is 32.2 Å². The first-order chi connectivity index (χ1) is 9.26. The van der Waals surface area contributed by atoms with E-state index in [4.69, 9.17) is 4.74 Å². The highest BCUT2D eigenvalue weighted by molar-refractivity contribution is 5.85. The molecule has 114 valence electrons. The minimum atomic E-state index is -0.287. The summed E-state index contributed by atoms with van der Waals surface area (Å²) in [6.07, 6.45) is 0.548. The number of nitrogens with one attached hydrogen (secondary N) is 1. The van der Waals surface area contributed by atoms with Gasteiger partial charge in [0.15, 0.2) is 0 Å². The minimum absolute atomic E-state index is 0. The summed E-state index contributed by atoms with van der Waals surface area (Å²) in [6.45, 7) is 5.64. The molecule has 0 aliphatic carbocycles. The fourth-order valence-electron chi connectivity index (χ4n) is 2.70. The maximum absolute atomic E-state index is 12.9. The van der Waals surface area contributed by atoms with Crippen LogP contribution in [0.3, 0.4) is 0 Å². The van der Waals surface area contributed by atoms with Crippen molar-refractivity contribution >= 4 is 12.4 Å². The maximum Gasteiger partial charge on any atom is 0.122 e. The molecule has 2 rings (SSSR count). The second kappa shape index (κ2) is 8.45. The Morgan fingerprint density at radius 1 is 1.35 bits per heavy atom. The second-order valence-electron chi connectivity index (χ2n) is 5.01. The summed E-state index contributed by atoms with van der Waals surface area (Å²) in [5.41, 5.74) is 2.27. The van der Waals surface area contributed by atoms with Gasteiger partial charge < -0.3 is 10.1 Å². The van der Waals surface area contributed by atoms with Crippen molar-refractivity contribution in [2.24, 2.45) is 0 Å². The molecule has 1 fully saturated rings. The lowest BCUT2D eigenvalue weighted by Crippen LogP contribution is -2.45. The van der Waals surface area contributed by atoms with Crippen molar-refractivity contribution in [1.82, 2.24) is 10.2 Å². The summed E-state index contributed by atoms with van der Waals surface area (Å²) in [5, 5.41) is 3.33. The number of ether oxygens (including phenoxy) is 1. The van der Waals surface area contributed by atoms with Crippen molar-refractivity contribution in [3.05, 3.63) is 29.3 Å². The number of halogens is 2. The Morgan fingerprint density at radius 3 is 2.65 bits per heavy atom. The predicted octanol–water partition coefficient (Wildman–Crippen LogP) is 2.73. The topological polar surface area (TPSA) is 24.5 Å². The van der Waals surface area contributed by atoms with Gasteiger partial charge in [0.2, 0.25) is 0 Å². The van der Waals surface area contributed by atoms with E-state index in [9.17, 15) is 4.39 Å². The highest BCUT2D eigenvalue weighted by atomic mass is 35.5. The van der Waals surface area contributed by atoms with Gasteiger partial charge in [0.25, 0.3) is 0 Å². The SMILES string of the molecule is COc1cc([C@@H](CCF)N2CCNCC2)ccc1C.Cl. The number of benzene rings is 1. The summed E-state index contributed by atoms with van der Waals surface area (Å²) >= 11 is 0. The van der Waals surface area contributed by atoms with Crippen LogP contribution < -0.4 is 10.1 Å². The van der Waals surface area contributed by atoms with Crippen LogP contribution in [0.5, 0.6) is 5.75 Å². The van der Waals surface area contributed by atoms with Crippen LogP contribution in [0, 0.1) is 6.92 Å². The summed E-state index contributed by atoms with van der Waals surface area (Å²) < 4.78 is 18.2. The van der Waals surface area contributed by atoms with E-state index in [1.807, 2.05) is 6.92 Å². The summed E-state index contributed by atoms with van der Waals surface area (Å²) in [4.78, 5) is 2.36. The van der Waals surface area contributed by atoms with Crippen LogP contribution in [0.1, 0.15) is 23.6 Å². The Labute approximate surface area is 126 Å². The number of rotatable bonds is 5. The first-order valence-corrected chi connectivity index (χ1v) is 6.91. The van der Waals surface area contributed by atoms with E-state index in [0.29, 0.717) is 6.42 Å². The van der Waals surface area contributed by atoms with Crippen LogP contribution in [-0.2, 0) is 0 Å². The Hall–Kier alpha value is -0.840. The molecular formula is C15H24ClFN2O. The van der Waals surface area contributed by atoms with Gasteiger partial charge in [-0.2, -0.15) is 0 Å². The third-order valence-electron chi connectivity index (χ3n) is 3.79. The molecule has 1 aromatic carbocycles. The predicted molar refractivity (Wildman–Crippen MR) is 82.8 cm³/mol. The monoisotopic (exact) mass is 302 g/mol. The first-order valence-electron chi connectivity index (χ1n) is 6.91. The Morgan fingerprint density at radius 2 is 2.05 bits per heavy atom. The zero-order chi connectivity index (χ0) is 13.7. The lowest BCUT2D eigenvalue weighted by Gasteiger charge is -2.35. The number of nitrogens with zero attached hydrogens (tertiary/aromatic N) is 1. The molecule has 0 radical (unpaired) electrons. The van der Waals surface area contributed by atoms with E-state index in [1.165, 1.54) is 0 Å². The van der Waals surface area contributed by atoms with E-state index >= 15 is 0 Å². The summed E-state index contributed by atoms with van der Waals surface area (Å²) in [6, 6.07) is 6.36. The van der Waals surface area contributed by atoms with Gasteiger partial charge in [0.05, 0.1) is 13.8 Å². The molecule has 0 bridgehead atoms. The molecule has 0 unspecified atom stereocenters. The summed E-state index contributed by atoms with van der Waals surface area (Å²) in [7, 11) is 1.68. The molecule has 1 aliphatic heterocycles. The molecule has 1 heterocycles. The molecule has 1 aliphatic rings. The average molecular weight is 303 g/mol. The van der Waals surface area contributed by atoms with Crippen molar-refractivity contribution in [2.75, 3.05) is 40.0 Å². The lowest BCUT2D eigenvalue weighted by atomic mass is 10.00. The van der Waals surface area contributed by atoms with Crippen molar-refractivity contribution in [3.8, 4) is 5.75 Å². The summed E-state index contributed by atoms with van der Waals surface area (Å²) in [5.74, 6) is 0.886. The quantitative estimate of drug-likeness (QED) is 0.905. The number of aryl methyl sites for hydroxylation is 1. The van der Waals surface area contributed by atoms with Crippen LogP contribution in [-0.4, -0.2) is 44.9 Å². The van der Waals surface area contributed by atoms with E-state index in [2.05, 4.69) is 28.4 Å². The molecule has 0 saturated carbocycles. The smallest absolute Gasteiger partial charge is 0.122 e. The number of hydrogen-bond acceptors (Lipinski definition) is 3. The number of piperazine rings is 1. The van der Waals surface area contributed by atoms with Gasteiger partial charge in [-0.1, -0.05) is 12.1 Å². The zero-order valence-electron chi connectivity index (χ0n) is 12.2. The van der Waals surface area contributed by atoms with E-state index in [1.54, 1.807) is 7.11 Å². The normalized spacial score (nSPS) is 17.4. The van der Waals surface area contributed by atoms with Crippen LogP contribution in [0.15, 0.2) is 18.2 Å². The standard InChI is InChI=1S/C15H23FN2O.ClH/c1-12-3-4-13(11-15(12)19-2)14(5-6-16)18-9-7-17-8-10-18;/h3-4,11,14,17H,5-10H2,1-2H3;1H/t14-;/m1./s1. The Balaban J connectivity index is 0.00000200. The highest BCUT2D eigenvalue weighted by Crippen LogP contribution is 2.29. The number of alkyl halides is 1. The largest absolute Gasteiger partial charge is 0.496 e. The van der Waals surface area contributed by atoms with Crippen LogP contribution in [0.25, 0.3) is 0 Å². The molecule has 20 heavy (non-hydrogen) atoms. The molecule has 1 saturated heterocycles. The minimum Gasteiger partial charge on any atom is -0.496 e. The fourth-order valence-corrected chi connectivity index (χ4v) is 2.70. The van der Waals surface area contributed by atoms with Gasteiger partial charge in [-0.3, -0.25) is 9.29 Å². The molecule has 1 N–H and O–H groups in total. The molecule has 0 amide bonds. The average Bonchev–Trinajstić information content (AvgIpc) is 2.46. The Bertz CT molecular complexity index is 411. The number of hydrogen-bond donors (Lipinski definition) is 1. The Kier molecular flexibility index (Phi) is 7.27. The fraction of sp³-hybridized carbons (Fsp3) is 0.600. The van der Waals surface area contributed by atoms with Gasteiger partial charge in [-0.15, -0.1) is 12.4 Å². The van der Waals surface area contributed by atoms with Crippen molar-refractivity contribution < 1.29 is 9.13 Å². The second-order valence-corrected chi connectivity index (χ2v) is 5.01. The highest BCUT2D eigenvalue weighted by Gasteiger charge is 2.22. The lowest BCUT2D eigenvalue weighted by molar-refractivity contribution is 0.157. The zero-order valence-corrected chi connectivity index (χ0v) is 13.0. The number of methoxy groups -OCH3 is 1. The third-order valence-corrected chi connectivity index (χ3v) is 3.79. The van der Waals surface area contributed by atoms with Gasteiger partial charge in [-0.25, -0.2) is 0 Å². The molecule has 0 aromatic heterocycles. The van der Waals surface area contributed by atoms with Gasteiger partial charge in [0.1, 0.15) is 5.75 Å². The van der Waals surface area contributed by atoms with Gasteiger partial charge in [-0.05, 0) is 30.5 Å². The van der Waals surface area contributed by atoms with Crippen LogP contribution in [0.2, 0.25) is 0 Å². The maximum atomic E-state index is 12.9. The van der Waals surface area contributed by atoms with Crippen LogP contribution in [0.4, 0.5) is 4.39 Å². The van der Waals surface area contributed by atoms with E-state index in [0.717, 1.165) is 43.1 Å². The van der Waals surface area contributed by atoms with E-state index < -0.39 is 0 Å². The first kappa shape index (κ1) is 17.2. The van der Waals surface area contributed by atoms with Crippen molar-refractivity contribution in [3.63, 3.8) is 0 Å². The molecular weight excluding hydrogens is 279 g/mol. The third kappa shape index (κ3) is 4.08. The van der Waals surface area contributed by atoms with Crippen molar-refractivity contribution in [1.29, 1.82) is 0 Å². The van der Waals surface area contributed by atoms with Crippen molar-refractivity contribution in [2.45, 2.75) is 19.4 Å². The van der Waals surface area contributed by atoms with Crippen LogP contribution >= 0.6 is 12.4 Å². The van der Waals surface area contributed by atoms with Gasteiger partial charge >= 0.3 is 0 Å². The molecule has 1 aromatic rings. The molecule has 1 atom stereocenters. The molecule has 0 spiro atoms. The molecule has 5 heteroatoms.